The number of aliphatic carboxylic acids is 1. The summed E-state index contributed by atoms with van der Waals surface area (Å²) in [6.07, 6.45) is 3.33. The number of carboxylic acid groups (broad SMARTS) is 1. The number of hydrogen-bond donors (Lipinski definition) is 1. The molecule has 4 rings (SSSR count). The molecule has 0 atom stereocenters. The quantitative estimate of drug-likeness (QED) is 0.421. The number of thioether (sulfide) groups is 1. The number of hydrogen-bond acceptors (Lipinski definition) is 8. The zero-order chi connectivity index (χ0) is 20.5. The van der Waals surface area contributed by atoms with Gasteiger partial charge in [-0.05, 0) is 30.2 Å². The third-order valence-electron chi connectivity index (χ3n) is 3.91. The Labute approximate surface area is 182 Å². The summed E-state index contributed by atoms with van der Waals surface area (Å²) in [5, 5.41) is 18.3. The molecule has 3 aromatic heterocycles. The zero-order valence-corrected chi connectivity index (χ0v) is 18.0. The Morgan fingerprint density at radius 3 is 2.72 bits per heavy atom. The van der Waals surface area contributed by atoms with E-state index in [0.717, 1.165) is 22.9 Å². The number of nitrogens with zero attached hydrogens (tertiary/aromatic N) is 6. The van der Waals surface area contributed by atoms with Crippen LogP contribution in [0.3, 0.4) is 0 Å². The molecule has 0 radical (unpaired) electrons. The normalized spacial score (nSPS) is 11.3. The van der Waals surface area contributed by atoms with E-state index in [1.165, 1.54) is 11.3 Å². The molecule has 0 bridgehead atoms. The molecular formula is C17H12Cl2N6O2S2. The summed E-state index contributed by atoms with van der Waals surface area (Å²) in [5.74, 6) is -0.961. The lowest BCUT2D eigenvalue weighted by Crippen LogP contribution is -2.01. The van der Waals surface area contributed by atoms with Crippen LogP contribution in [0.4, 0.5) is 0 Å². The molecule has 0 amide bonds. The standard InChI is InChI=1S/C17H12Cl2N6O2S2/c1-8-10(18)2-9(3-11(8)19)5-25-6-13(23-24-25)12-4-20-15-16(21-12)29-17(22-15)28-7-14(26)27/h2-4,6H,5,7H2,1H3,(H,26,27). The van der Waals surface area contributed by atoms with Gasteiger partial charge in [-0.2, -0.15) is 0 Å². The predicted molar refractivity (Wildman–Crippen MR) is 113 cm³/mol. The maximum Gasteiger partial charge on any atom is 0.313 e. The highest BCUT2D eigenvalue weighted by Gasteiger charge is 2.13. The molecular weight excluding hydrogens is 455 g/mol. The van der Waals surface area contributed by atoms with Gasteiger partial charge in [0.15, 0.2) is 14.8 Å². The molecule has 148 valence electrons. The van der Waals surface area contributed by atoms with Crippen LogP contribution in [0.1, 0.15) is 11.1 Å². The van der Waals surface area contributed by atoms with Gasteiger partial charge in [-0.3, -0.25) is 4.79 Å². The first-order chi connectivity index (χ1) is 13.9. The highest BCUT2D eigenvalue weighted by atomic mass is 35.5. The molecule has 0 aliphatic carbocycles. The molecule has 12 heteroatoms. The number of rotatable bonds is 6. The molecule has 0 unspecified atom stereocenters. The number of aromatic nitrogens is 6. The lowest BCUT2D eigenvalue weighted by atomic mass is 10.1. The van der Waals surface area contributed by atoms with Crippen LogP contribution in [-0.4, -0.2) is 46.8 Å². The Bertz CT molecular complexity index is 1200. The number of fused-ring (bicyclic) bond motifs is 1. The first kappa shape index (κ1) is 20.0. The van der Waals surface area contributed by atoms with E-state index in [4.69, 9.17) is 28.3 Å². The minimum Gasteiger partial charge on any atom is -0.481 e. The maximum atomic E-state index is 10.7. The zero-order valence-electron chi connectivity index (χ0n) is 14.8. The summed E-state index contributed by atoms with van der Waals surface area (Å²) in [6, 6.07) is 3.70. The second kappa shape index (κ2) is 8.23. The number of carboxylic acids is 1. The number of benzene rings is 1. The van der Waals surface area contributed by atoms with Crippen LogP contribution in [0.5, 0.6) is 0 Å². The van der Waals surface area contributed by atoms with Gasteiger partial charge in [0.1, 0.15) is 11.4 Å². The van der Waals surface area contributed by atoms with Crippen molar-refractivity contribution in [2.45, 2.75) is 17.8 Å². The van der Waals surface area contributed by atoms with Gasteiger partial charge in [-0.1, -0.05) is 51.5 Å². The minimum absolute atomic E-state index is 0.0615. The van der Waals surface area contributed by atoms with Crippen LogP contribution in [-0.2, 0) is 11.3 Å². The smallest absolute Gasteiger partial charge is 0.313 e. The molecule has 0 aliphatic rings. The fourth-order valence-electron chi connectivity index (χ4n) is 2.48. The van der Waals surface area contributed by atoms with Crippen LogP contribution in [0, 0.1) is 6.92 Å². The van der Waals surface area contributed by atoms with Crippen LogP contribution < -0.4 is 0 Å². The molecule has 1 N–H and O–H groups in total. The summed E-state index contributed by atoms with van der Waals surface area (Å²) in [5.41, 5.74) is 3.35. The topological polar surface area (TPSA) is 107 Å². The van der Waals surface area contributed by atoms with Crippen molar-refractivity contribution in [2.24, 2.45) is 0 Å². The lowest BCUT2D eigenvalue weighted by Gasteiger charge is -2.06. The van der Waals surface area contributed by atoms with Crippen molar-refractivity contribution >= 4 is 62.7 Å². The average Bonchev–Trinajstić information content (AvgIpc) is 3.30. The third-order valence-corrected chi connectivity index (χ3v) is 6.76. The fourth-order valence-corrected chi connectivity index (χ4v) is 4.69. The fraction of sp³-hybridized carbons (Fsp3) is 0.176. The summed E-state index contributed by atoms with van der Waals surface area (Å²) in [7, 11) is 0. The summed E-state index contributed by atoms with van der Waals surface area (Å²) in [4.78, 5) is 24.4. The molecule has 0 fully saturated rings. The first-order valence-corrected chi connectivity index (χ1v) is 10.8. The van der Waals surface area contributed by atoms with Gasteiger partial charge in [0.05, 0.1) is 24.7 Å². The summed E-state index contributed by atoms with van der Waals surface area (Å²) >= 11 is 14.8. The Balaban J connectivity index is 1.55. The van der Waals surface area contributed by atoms with Crippen LogP contribution in [0.15, 0.2) is 28.9 Å². The maximum absolute atomic E-state index is 10.7. The summed E-state index contributed by atoms with van der Waals surface area (Å²) in [6.45, 7) is 2.32. The van der Waals surface area contributed by atoms with Gasteiger partial charge in [0.25, 0.3) is 0 Å². The average molecular weight is 467 g/mol. The Morgan fingerprint density at radius 2 is 2.00 bits per heavy atom. The summed E-state index contributed by atoms with van der Waals surface area (Å²) < 4.78 is 2.27. The van der Waals surface area contributed by atoms with Gasteiger partial charge in [-0.25, -0.2) is 19.6 Å². The van der Waals surface area contributed by atoms with Crippen molar-refractivity contribution in [3.63, 3.8) is 0 Å². The van der Waals surface area contributed by atoms with Crippen molar-refractivity contribution in [1.82, 2.24) is 29.9 Å². The number of carbonyl (C=O) groups is 1. The molecule has 1 aromatic carbocycles. The van der Waals surface area contributed by atoms with Crippen molar-refractivity contribution in [2.75, 3.05) is 5.75 Å². The highest BCUT2D eigenvalue weighted by Crippen LogP contribution is 2.29. The van der Waals surface area contributed by atoms with E-state index in [2.05, 4.69) is 25.3 Å². The minimum atomic E-state index is -0.899. The first-order valence-electron chi connectivity index (χ1n) is 8.22. The van der Waals surface area contributed by atoms with Gasteiger partial charge in [0.2, 0.25) is 0 Å². The molecule has 29 heavy (non-hydrogen) atoms. The molecule has 4 aromatic rings. The highest BCUT2D eigenvalue weighted by molar-refractivity contribution is 8.01. The van der Waals surface area contributed by atoms with Gasteiger partial charge in [0, 0.05) is 10.0 Å². The van der Waals surface area contributed by atoms with E-state index < -0.39 is 5.97 Å². The van der Waals surface area contributed by atoms with E-state index in [-0.39, 0.29) is 5.75 Å². The monoisotopic (exact) mass is 466 g/mol. The van der Waals surface area contributed by atoms with Crippen molar-refractivity contribution in [3.8, 4) is 11.4 Å². The van der Waals surface area contributed by atoms with Crippen LogP contribution in [0.2, 0.25) is 10.0 Å². The van der Waals surface area contributed by atoms with Gasteiger partial charge < -0.3 is 5.11 Å². The van der Waals surface area contributed by atoms with Crippen molar-refractivity contribution < 1.29 is 9.90 Å². The van der Waals surface area contributed by atoms with Gasteiger partial charge >= 0.3 is 5.97 Å². The molecule has 0 spiro atoms. The second-order valence-electron chi connectivity index (χ2n) is 6.03. The van der Waals surface area contributed by atoms with Gasteiger partial charge in [-0.15, -0.1) is 5.10 Å². The number of halogens is 2. The lowest BCUT2D eigenvalue weighted by molar-refractivity contribution is -0.133. The Morgan fingerprint density at radius 1 is 1.24 bits per heavy atom. The number of thiazole rings is 1. The second-order valence-corrected chi connectivity index (χ2v) is 9.05. The molecule has 0 saturated heterocycles. The van der Waals surface area contributed by atoms with E-state index in [0.29, 0.717) is 42.8 Å². The molecule has 8 nitrogen and oxygen atoms in total. The van der Waals surface area contributed by atoms with E-state index in [1.807, 2.05) is 19.1 Å². The molecule has 0 aliphatic heterocycles. The predicted octanol–water partition coefficient (Wildman–Crippen LogP) is 4.19. The van der Waals surface area contributed by atoms with E-state index >= 15 is 0 Å². The largest absolute Gasteiger partial charge is 0.481 e. The Kier molecular flexibility index (Phi) is 5.68. The van der Waals surface area contributed by atoms with E-state index in [1.54, 1.807) is 17.1 Å². The van der Waals surface area contributed by atoms with Crippen molar-refractivity contribution in [3.05, 3.63) is 45.7 Å². The Hall–Kier alpha value is -2.27. The van der Waals surface area contributed by atoms with Crippen molar-refractivity contribution in [1.29, 1.82) is 0 Å². The van der Waals surface area contributed by atoms with Crippen LogP contribution in [0.25, 0.3) is 21.9 Å². The SMILES string of the molecule is Cc1c(Cl)cc(Cn2cc(-c3cnc4nc(SCC(=O)O)sc4n3)nn2)cc1Cl. The molecule has 0 saturated carbocycles. The third kappa shape index (κ3) is 4.50. The van der Waals surface area contributed by atoms with E-state index in [9.17, 15) is 4.79 Å². The van der Waals surface area contributed by atoms with Crippen LogP contribution >= 0.6 is 46.3 Å². The molecule has 3 heterocycles.